The number of nitrogen functional groups attached to an aromatic ring is 1. The van der Waals surface area contributed by atoms with E-state index in [4.69, 9.17) is 16.1 Å². The first-order chi connectivity index (χ1) is 14.0. The number of aliphatic imine (C=N–C) groups is 1. The number of oxime groups is 1. The SMILES string of the molecule is N=C(N)c1ccc(CCNC2NON=C2C(=Nc2ccc(F)c(Br)c2)NO)cc1. The van der Waals surface area contributed by atoms with Crippen LogP contribution in [0.1, 0.15) is 11.1 Å². The standard InChI is InChI=1S/C18H19BrFN7O2/c19-13-9-12(5-6-14(13)20)24-18(25-28)15-17(27-29-26-15)23-8-7-10-1-3-11(4-2-10)16(21)22/h1-6,9,17,23,27-28H,7-8H2,(H3,21,22)(H,24,25). The lowest BCUT2D eigenvalue weighted by Crippen LogP contribution is -2.49. The maximum absolute atomic E-state index is 13.4. The molecule has 0 radical (unpaired) electrons. The third kappa shape index (κ3) is 5.35. The summed E-state index contributed by atoms with van der Waals surface area (Å²) in [6.45, 7) is 0.570. The number of nitrogens with two attached hydrogens (primary N) is 1. The number of benzene rings is 2. The number of hydrogen-bond donors (Lipinski definition) is 6. The molecule has 1 atom stereocenters. The molecule has 2 aromatic carbocycles. The highest BCUT2D eigenvalue weighted by Gasteiger charge is 2.27. The Hall–Kier alpha value is -2.86. The fraction of sp³-hybridized carbons (Fsp3) is 0.167. The van der Waals surface area contributed by atoms with Crippen molar-refractivity contribution in [3.8, 4) is 0 Å². The molecule has 11 heteroatoms. The summed E-state index contributed by atoms with van der Waals surface area (Å²) in [6, 6.07) is 11.6. The Bertz CT molecular complexity index is 950. The number of hydroxylamine groups is 2. The zero-order valence-electron chi connectivity index (χ0n) is 15.1. The lowest BCUT2D eigenvalue weighted by molar-refractivity contribution is 0.0540. The minimum absolute atomic E-state index is 0.0272. The lowest BCUT2D eigenvalue weighted by atomic mass is 10.1. The van der Waals surface area contributed by atoms with Gasteiger partial charge in [0.2, 0.25) is 0 Å². The van der Waals surface area contributed by atoms with E-state index in [9.17, 15) is 9.60 Å². The molecule has 1 unspecified atom stereocenters. The highest BCUT2D eigenvalue weighted by atomic mass is 79.9. The van der Waals surface area contributed by atoms with Crippen molar-refractivity contribution in [2.24, 2.45) is 15.9 Å². The summed E-state index contributed by atoms with van der Waals surface area (Å²) in [5.74, 6) is -0.335. The number of nitrogens with one attached hydrogen (secondary N) is 4. The van der Waals surface area contributed by atoms with Gasteiger partial charge in [0.05, 0.1) is 10.2 Å². The fourth-order valence-electron chi connectivity index (χ4n) is 2.59. The average Bonchev–Trinajstić information content (AvgIpc) is 3.17. The second kappa shape index (κ2) is 9.56. The van der Waals surface area contributed by atoms with Crippen molar-refractivity contribution >= 4 is 39.0 Å². The molecular weight excluding hydrogens is 445 g/mol. The zero-order valence-corrected chi connectivity index (χ0v) is 16.7. The van der Waals surface area contributed by atoms with Crippen LogP contribution in [0.3, 0.4) is 0 Å². The van der Waals surface area contributed by atoms with E-state index >= 15 is 0 Å². The van der Waals surface area contributed by atoms with Crippen LogP contribution in [0.2, 0.25) is 0 Å². The second-order valence-electron chi connectivity index (χ2n) is 6.10. The third-order valence-corrected chi connectivity index (χ3v) is 4.72. The summed E-state index contributed by atoms with van der Waals surface area (Å²) in [5.41, 5.74) is 12.6. The van der Waals surface area contributed by atoms with Gasteiger partial charge in [-0.1, -0.05) is 29.4 Å². The van der Waals surface area contributed by atoms with Crippen LogP contribution in [0, 0.1) is 11.2 Å². The van der Waals surface area contributed by atoms with E-state index in [1.54, 1.807) is 12.1 Å². The fourth-order valence-corrected chi connectivity index (χ4v) is 2.96. The van der Waals surface area contributed by atoms with Crippen LogP contribution in [-0.2, 0) is 11.4 Å². The molecular formula is C18H19BrFN7O2. The molecule has 0 amide bonds. The first-order valence-electron chi connectivity index (χ1n) is 8.58. The van der Waals surface area contributed by atoms with Gasteiger partial charge in [0, 0.05) is 12.1 Å². The Balaban J connectivity index is 1.62. The molecule has 0 spiro atoms. The third-order valence-electron chi connectivity index (χ3n) is 4.11. The van der Waals surface area contributed by atoms with Crippen molar-refractivity contribution in [1.82, 2.24) is 16.3 Å². The molecule has 1 aliphatic heterocycles. The lowest BCUT2D eigenvalue weighted by Gasteiger charge is -2.14. The molecule has 7 N–H and O–H groups in total. The van der Waals surface area contributed by atoms with Crippen LogP contribution in [0.15, 0.2) is 57.1 Å². The predicted molar refractivity (Wildman–Crippen MR) is 111 cm³/mol. The molecule has 1 aliphatic rings. The Morgan fingerprint density at radius 1 is 1.34 bits per heavy atom. The van der Waals surface area contributed by atoms with Gasteiger partial charge < -0.3 is 5.73 Å². The van der Waals surface area contributed by atoms with Gasteiger partial charge in [-0.2, -0.15) is 0 Å². The summed E-state index contributed by atoms with van der Waals surface area (Å²) in [6.07, 6.45) is 0.182. The van der Waals surface area contributed by atoms with Crippen LogP contribution in [0.5, 0.6) is 0 Å². The minimum Gasteiger partial charge on any atom is -0.384 e. The van der Waals surface area contributed by atoms with Crippen LogP contribution >= 0.6 is 15.9 Å². The number of hydrogen-bond acceptors (Lipinski definition) is 7. The van der Waals surface area contributed by atoms with Crippen molar-refractivity contribution in [2.75, 3.05) is 6.54 Å². The predicted octanol–water partition coefficient (Wildman–Crippen LogP) is 1.93. The van der Waals surface area contributed by atoms with E-state index in [2.05, 4.69) is 36.9 Å². The molecule has 0 aliphatic carbocycles. The number of halogens is 2. The quantitative estimate of drug-likeness (QED) is 0.210. The number of amidine groups is 2. The Morgan fingerprint density at radius 3 is 2.76 bits per heavy atom. The molecule has 0 aromatic heterocycles. The molecule has 0 saturated carbocycles. The van der Waals surface area contributed by atoms with E-state index in [1.165, 1.54) is 18.2 Å². The number of nitrogens with zero attached hydrogens (tertiary/aromatic N) is 2. The number of rotatable bonds is 7. The van der Waals surface area contributed by atoms with Crippen molar-refractivity contribution in [3.63, 3.8) is 0 Å². The summed E-state index contributed by atoms with van der Waals surface area (Å²) in [4.78, 5) is 9.15. The van der Waals surface area contributed by atoms with E-state index in [0.29, 0.717) is 29.9 Å². The Morgan fingerprint density at radius 2 is 2.10 bits per heavy atom. The molecule has 152 valence electrons. The Labute approximate surface area is 174 Å². The van der Waals surface area contributed by atoms with Crippen LogP contribution in [0.4, 0.5) is 10.1 Å². The first-order valence-corrected chi connectivity index (χ1v) is 9.37. The van der Waals surface area contributed by atoms with E-state index in [0.717, 1.165) is 5.56 Å². The van der Waals surface area contributed by atoms with Gasteiger partial charge in [0.25, 0.3) is 0 Å². The van der Waals surface area contributed by atoms with E-state index < -0.39 is 12.0 Å². The van der Waals surface area contributed by atoms with Gasteiger partial charge in [-0.15, -0.1) is 5.48 Å². The highest BCUT2D eigenvalue weighted by molar-refractivity contribution is 9.10. The van der Waals surface area contributed by atoms with Gasteiger partial charge in [-0.25, -0.2) is 9.38 Å². The molecule has 9 nitrogen and oxygen atoms in total. The molecule has 0 fully saturated rings. The van der Waals surface area contributed by atoms with Crippen LogP contribution in [0.25, 0.3) is 0 Å². The maximum atomic E-state index is 13.4. The molecule has 3 rings (SSSR count). The Kier molecular flexibility index (Phi) is 6.88. The van der Waals surface area contributed by atoms with Gasteiger partial charge in [-0.3, -0.25) is 26.4 Å². The van der Waals surface area contributed by atoms with Gasteiger partial charge in [0.15, 0.2) is 11.5 Å². The first kappa shape index (κ1) is 20.9. The van der Waals surface area contributed by atoms with Crippen molar-refractivity contribution in [3.05, 3.63) is 63.9 Å². The average molecular weight is 464 g/mol. The summed E-state index contributed by atoms with van der Waals surface area (Å²) in [7, 11) is 0. The van der Waals surface area contributed by atoms with Gasteiger partial charge in [-0.05, 0) is 46.1 Å². The van der Waals surface area contributed by atoms with Crippen molar-refractivity contribution < 1.29 is 14.5 Å². The van der Waals surface area contributed by atoms with E-state index in [-0.39, 0.29) is 16.1 Å². The maximum Gasteiger partial charge on any atom is 0.178 e. The summed E-state index contributed by atoms with van der Waals surface area (Å²) in [5, 5.41) is 23.9. The highest BCUT2D eigenvalue weighted by Crippen LogP contribution is 2.22. The molecule has 1 heterocycles. The molecule has 2 aromatic rings. The second-order valence-corrected chi connectivity index (χ2v) is 6.96. The van der Waals surface area contributed by atoms with Crippen molar-refractivity contribution in [2.45, 2.75) is 12.6 Å². The summed E-state index contributed by atoms with van der Waals surface area (Å²) >= 11 is 3.10. The van der Waals surface area contributed by atoms with Crippen molar-refractivity contribution in [1.29, 1.82) is 5.41 Å². The van der Waals surface area contributed by atoms with Gasteiger partial charge in [0.1, 0.15) is 17.8 Å². The van der Waals surface area contributed by atoms with E-state index in [1.807, 2.05) is 17.6 Å². The molecule has 0 saturated heterocycles. The molecule has 29 heavy (non-hydrogen) atoms. The minimum atomic E-state index is -0.520. The summed E-state index contributed by atoms with van der Waals surface area (Å²) < 4.78 is 13.6. The van der Waals surface area contributed by atoms with Crippen LogP contribution in [-0.4, -0.2) is 35.3 Å². The monoisotopic (exact) mass is 463 g/mol. The largest absolute Gasteiger partial charge is 0.384 e. The molecule has 0 bridgehead atoms. The zero-order chi connectivity index (χ0) is 20.8. The van der Waals surface area contributed by atoms with Gasteiger partial charge >= 0.3 is 0 Å². The smallest absolute Gasteiger partial charge is 0.178 e. The van der Waals surface area contributed by atoms with Crippen LogP contribution < -0.4 is 22.0 Å². The normalized spacial score (nSPS) is 16.3. The topological polar surface area (TPSA) is 140 Å².